The van der Waals surface area contributed by atoms with Crippen LogP contribution in [0.5, 0.6) is 5.75 Å². The van der Waals surface area contributed by atoms with Crippen LogP contribution in [0.1, 0.15) is 48.9 Å². The van der Waals surface area contributed by atoms with Crippen LogP contribution >= 0.6 is 0 Å². The maximum Gasteiger partial charge on any atom is 0.310 e. The molecule has 1 aliphatic rings. The Morgan fingerprint density at radius 1 is 1.21 bits per heavy atom. The topological polar surface area (TPSA) is 69.4 Å². The van der Waals surface area contributed by atoms with Crippen molar-refractivity contribution in [1.29, 1.82) is 0 Å². The molecule has 0 aromatic heterocycles. The van der Waals surface area contributed by atoms with E-state index in [1.807, 2.05) is 0 Å². The molecule has 0 bridgehead atoms. The predicted molar refractivity (Wildman–Crippen MR) is 70.6 cm³/mol. The lowest BCUT2D eigenvalue weighted by molar-refractivity contribution is -0.386. The number of hydrogen-bond acceptors (Lipinski definition) is 4. The molecule has 102 valence electrons. The van der Waals surface area contributed by atoms with E-state index in [-0.39, 0.29) is 17.5 Å². The summed E-state index contributed by atoms with van der Waals surface area (Å²) in [7, 11) is 0. The smallest absolute Gasteiger partial charge is 0.310 e. The quantitative estimate of drug-likeness (QED) is 0.361. The maximum absolute atomic E-state index is 11.0. The number of nitro benzene ring substituents is 1. The van der Waals surface area contributed by atoms with E-state index in [0.717, 1.165) is 25.7 Å². The van der Waals surface area contributed by atoms with Crippen LogP contribution in [0.2, 0.25) is 0 Å². The minimum atomic E-state index is -0.472. The highest BCUT2D eigenvalue weighted by Crippen LogP contribution is 2.31. The summed E-state index contributed by atoms with van der Waals surface area (Å²) >= 11 is 0. The van der Waals surface area contributed by atoms with Crippen LogP contribution in [0.4, 0.5) is 5.69 Å². The molecule has 5 nitrogen and oxygen atoms in total. The number of rotatable bonds is 4. The summed E-state index contributed by atoms with van der Waals surface area (Å²) < 4.78 is 5.77. The number of carbonyl (C=O) groups is 1. The highest BCUT2D eigenvalue weighted by atomic mass is 16.6. The normalized spacial score (nSPS) is 16.6. The van der Waals surface area contributed by atoms with Crippen molar-refractivity contribution in [1.82, 2.24) is 0 Å². The van der Waals surface area contributed by atoms with Crippen molar-refractivity contribution in [2.24, 2.45) is 0 Å². The average molecular weight is 263 g/mol. The second-order valence-electron chi connectivity index (χ2n) is 4.83. The first-order chi connectivity index (χ1) is 9.20. The monoisotopic (exact) mass is 263 g/mol. The lowest BCUT2D eigenvalue weighted by atomic mass is 10.1. The molecular weight excluding hydrogens is 246 g/mol. The van der Waals surface area contributed by atoms with E-state index >= 15 is 0 Å². The van der Waals surface area contributed by atoms with E-state index in [4.69, 9.17) is 4.74 Å². The molecular formula is C14H17NO4. The van der Waals surface area contributed by atoms with Gasteiger partial charge in [0.05, 0.1) is 11.0 Å². The van der Waals surface area contributed by atoms with Gasteiger partial charge in [-0.3, -0.25) is 14.9 Å². The number of ether oxygens (including phenoxy) is 1. The SMILES string of the molecule is O=Cc1ccc([N+](=O)[O-])c(OC2CCCCCC2)c1. The molecule has 1 fully saturated rings. The predicted octanol–water partition coefficient (Wildman–Crippen LogP) is 3.51. The molecule has 0 atom stereocenters. The van der Waals surface area contributed by atoms with Gasteiger partial charge in [-0.2, -0.15) is 0 Å². The number of carbonyl (C=O) groups excluding carboxylic acids is 1. The minimum absolute atomic E-state index is 0.0168. The van der Waals surface area contributed by atoms with Crippen molar-refractivity contribution < 1.29 is 14.5 Å². The Morgan fingerprint density at radius 2 is 1.89 bits per heavy atom. The van der Waals surface area contributed by atoms with Gasteiger partial charge in [0.25, 0.3) is 0 Å². The summed E-state index contributed by atoms with van der Waals surface area (Å²) in [6.07, 6.45) is 7.09. The van der Waals surface area contributed by atoms with Crippen LogP contribution < -0.4 is 4.74 Å². The van der Waals surface area contributed by atoms with Gasteiger partial charge < -0.3 is 4.74 Å². The van der Waals surface area contributed by atoms with Gasteiger partial charge in [0, 0.05) is 11.6 Å². The van der Waals surface area contributed by atoms with E-state index in [1.165, 1.54) is 31.0 Å². The Balaban J connectivity index is 2.20. The average Bonchev–Trinajstić information content (AvgIpc) is 2.67. The van der Waals surface area contributed by atoms with E-state index in [2.05, 4.69) is 0 Å². The second kappa shape index (κ2) is 6.31. The molecule has 0 heterocycles. The molecule has 0 amide bonds. The highest BCUT2D eigenvalue weighted by molar-refractivity contribution is 5.76. The van der Waals surface area contributed by atoms with Crippen molar-refractivity contribution in [3.05, 3.63) is 33.9 Å². The fourth-order valence-electron chi connectivity index (χ4n) is 2.39. The van der Waals surface area contributed by atoms with Gasteiger partial charge in [0.2, 0.25) is 0 Å². The lowest BCUT2D eigenvalue weighted by Crippen LogP contribution is -2.16. The molecule has 2 rings (SSSR count). The van der Waals surface area contributed by atoms with Gasteiger partial charge in [-0.05, 0) is 37.8 Å². The molecule has 5 heteroatoms. The molecule has 1 aromatic carbocycles. The number of hydrogen-bond donors (Lipinski definition) is 0. The fourth-order valence-corrected chi connectivity index (χ4v) is 2.39. The van der Waals surface area contributed by atoms with E-state index < -0.39 is 4.92 Å². The summed E-state index contributed by atoms with van der Waals surface area (Å²) in [5.74, 6) is 0.210. The summed E-state index contributed by atoms with van der Waals surface area (Å²) in [6.45, 7) is 0. The zero-order valence-electron chi connectivity index (χ0n) is 10.7. The summed E-state index contributed by atoms with van der Waals surface area (Å²) in [5, 5.41) is 11.0. The van der Waals surface area contributed by atoms with Crippen LogP contribution in [0.25, 0.3) is 0 Å². The van der Waals surface area contributed by atoms with Gasteiger partial charge in [-0.25, -0.2) is 0 Å². The van der Waals surface area contributed by atoms with Gasteiger partial charge >= 0.3 is 5.69 Å². The Hall–Kier alpha value is -1.91. The largest absolute Gasteiger partial charge is 0.483 e. The molecule has 0 aliphatic heterocycles. The zero-order chi connectivity index (χ0) is 13.7. The van der Waals surface area contributed by atoms with Crippen molar-refractivity contribution >= 4 is 12.0 Å². The third-order valence-electron chi connectivity index (χ3n) is 3.41. The van der Waals surface area contributed by atoms with Crippen LogP contribution in [-0.2, 0) is 0 Å². The molecule has 1 saturated carbocycles. The van der Waals surface area contributed by atoms with Gasteiger partial charge in [-0.15, -0.1) is 0 Å². The lowest BCUT2D eigenvalue weighted by Gasteiger charge is -2.17. The molecule has 0 radical (unpaired) electrons. The van der Waals surface area contributed by atoms with Crippen molar-refractivity contribution in [3.8, 4) is 5.75 Å². The molecule has 0 spiro atoms. The first kappa shape index (κ1) is 13.5. The third kappa shape index (κ3) is 3.53. The van der Waals surface area contributed by atoms with Gasteiger partial charge in [-0.1, -0.05) is 12.8 Å². The minimum Gasteiger partial charge on any atom is -0.483 e. The molecule has 19 heavy (non-hydrogen) atoms. The van der Waals surface area contributed by atoms with Crippen molar-refractivity contribution in [3.63, 3.8) is 0 Å². The summed E-state index contributed by atoms with van der Waals surface area (Å²) in [6, 6.07) is 4.22. The molecule has 1 aliphatic carbocycles. The molecule has 0 unspecified atom stereocenters. The van der Waals surface area contributed by atoms with E-state index in [9.17, 15) is 14.9 Å². The third-order valence-corrected chi connectivity index (χ3v) is 3.41. The van der Waals surface area contributed by atoms with Gasteiger partial charge in [0.15, 0.2) is 5.75 Å². The maximum atomic E-state index is 11.0. The van der Waals surface area contributed by atoms with E-state index in [0.29, 0.717) is 11.8 Å². The fraction of sp³-hybridized carbons (Fsp3) is 0.500. The van der Waals surface area contributed by atoms with Crippen molar-refractivity contribution in [2.75, 3.05) is 0 Å². The van der Waals surface area contributed by atoms with Crippen LogP contribution in [-0.4, -0.2) is 17.3 Å². The molecule has 1 aromatic rings. The Morgan fingerprint density at radius 3 is 2.47 bits per heavy atom. The first-order valence-electron chi connectivity index (χ1n) is 6.61. The number of aldehydes is 1. The van der Waals surface area contributed by atoms with Crippen LogP contribution in [0, 0.1) is 10.1 Å². The summed E-state index contributed by atoms with van der Waals surface area (Å²) in [5.41, 5.74) is 0.323. The van der Waals surface area contributed by atoms with Crippen LogP contribution in [0.3, 0.4) is 0 Å². The van der Waals surface area contributed by atoms with E-state index in [1.54, 1.807) is 0 Å². The zero-order valence-corrected chi connectivity index (χ0v) is 10.7. The number of nitrogens with zero attached hydrogens (tertiary/aromatic N) is 1. The first-order valence-corrected chi connectivity index (χ1v) is 6.61. The second-order valence-corrected chi connectivity index (χ2v) is 4.83. The van der Waals surface area contributed by atoms with Crippen molar-refractivity contribution in [2.45, 2.75) is 44.6 Å². The Bertz CT molecular complexity index is 465. The van der Waals surface area contributed by atoms with Gasteiger partial charge in [0.1, 0.15) is 6.29 Å². The highest BCUT2D eigenvalue weighted by Gasteiger charge is 2.20. The van der Waals surface area contributed by atoms with Crippen LogP contribution in [0.15, 0.2) is 18.2 Å². The summed E-state index contributed by atoms with van der Waals surface area (Å²) in [4.78, 5) is 21.3. The Kier molecular flexibility index (Phi) is 4.49. The Labute approximate surface area is 111 Å². The molecule has 0 N–H and O–H groups in total. The number of nitro groups is 1. The molecule has 0 saturated heterocycles. The number of benzene rings is 1. The standard InChI is InChI=1S/C14H17NO4/c16-10-11-7-8-13(15(17)18)14(9-11)19-12-5-3-1-2-4-6-12/h7-10,12H,1-6H2.